The Morgan fingerprint density at radius 1 is 1.44 bits per heavy atom. The number of terminal acetylenes is 1. The molecule has 0 saturated carbocycles. The minimum atomic E-state index is -3.40. The molecule has 16 heavy (non-hydrogen) atoms. The second-order valence-corrected chi connectivity index (χ2v) is 5.45. The zero-order chi connectivity index (χ0) is 12.6. The Balaban J connectivity index is 4.45. The van der Waals surface area contributed by atoms with E-state index in [2.05, 4.69) is 11.2 Å². The smallest absolute Gasteiger partial charge is 0.282 e. The van der Waals surface area contributed by atoms with E-state index in [1.165, 1.54) is 8.61 Å². The first-order valence-corrected chi connectivity index (χ1v) is 6.69. The zero-order valence-corrected chi connectivity index (χ0v) is 11.0. The van der Waals surface area contributed by atoms with Crippen molar-refractivity contribution in [3.63, 3.8) is 0 Å². The van der Waals surface area contributed by atoms with Crippen LogP contribution in [0.4, 0.5) is 0 Å². The van der Waals surface area contributed by atoms with Gasteiger partial charge in [0.25, 0.3) is 10.2 Å². The van der Waals surface area contributed by atoms with Gasteiger partial charge in [0.1, 0.15) is 0 Å². The van der Waals surface area contributed by atoms with Gasteiger partial charge in [-0.1, -0.05) is 12.8 Å². The van der Waals surface area contributed by atoms with Crippen molar-refractivity contribution in [1.82, 2.24) is 13.9 Å². The van der Waals surface area contributed by atoms with Crippen molar-refractivity contribution in [2.75, 3.05) is 40.3 Å². The summed E-state index contributed by atoms with van der Waals surface area (Å²) < 4.78 is 26.6. The topological polar surface area (TPSA) is 52.7 Å². The third kappa shape index (κ3) is 4.49. The Bertz CT molecular complexity index is 321. The first kappa shape index (κ1) is 15.4. The molecule has 6 heteroatoms. The summed E-state index contributed by atoms with van der Waals surface area (Å²) in [6, 6.07) is 0. The molecule has 0 saturated heterocycles. The van der Waals surface area contributed by atoms with E-state index in [9.17, 15) is 8.42 Å². The Morgan fingerprint density at radius 3 is 2.50 bits per heavy atom. The molecule has 0 atom stereocenters. The second-order valence-electron chi connectivity index (χ2n) is 3.42. The third-order valence-electron chi connectivity index (χ3n) is 2.24. The maximum atomic E-state index is 12.0. The molecule has 5 nitrogen and oxygen atoms in total. The van der Waals surface area contributed by atoms with Crippen LogP contribution in [0.3, 0.4) is 0 Å². The first-order valence-electron chi connectivity index (χ1n) is 5.30. The van der Waals surface area contributed by atoms with Crippen LogP contribution in [0, 0.1) is 12.3 Å². The lowest BCUT2D eigenvalue weighted by Crippen LogP contribution is -2.42. The predicted molar refractivity (Wildman–Crippen MR) is 66.2 cm³/mol. The number of rotatable bonds is 8. The number of nitrogens with one attached hydrogen (secondary N) is 1. The fourth-order valence-corrected chi connectivity index (χ4v) is 2.57. The van der Waals surface area contributed by atoms with Gasteiger partial charge in [0.15, 0.2) is 0 Å². The summed E-state index contributed by atoms with van der Waals surface area (Å²) in [4.78, 5) is 0. The number of hydrogen-bond acceptors (Lipinski definition) is 3. The second kappa shape index (κ2) is 7.63. The Kier molecular flexibility index (Phi) is 7.34. The van der Waals surface area contributed by atoms with Crippen molar-refractivity contribution in [2.24, 2.45) is 0 Å². The standard InChI is InChI=1S/C10H21N3O2S/c1-5-9-13(6-2)16(14,15)12(4)10-7-8-11-3/h1,11H,6-10H2,2-4H3. The van der Waals surface area contributed by atoms with Gasteiger partial charge in [-0.05, 0) is 20.0 Å². The van der Waals surface area contributed by atoms with Gasteiger partial charge in [0, 0.05) is 20.1 Å². The van der Waals surface area contributed by atoms with Gasteiger partial charge in [-0.3, -0.25) is 0 Å². The highest BCUT2D eigenvalue weighted by Gasteiger charge is 2.24. The minimum absolute atomic E-state index is 0.120. The molecule has 0 fully saturated rings. The fraction of sp³-hybridized carbons (Fsp3) is 0.800. The lowest BCUT2D eigenvalue weighted by atomic mass is 10.4. The molecular weight excluding hydrogens is 226 g/mol. The largest absolute Gasteiger partial charge is 0.320 e. The molecule has 0 aromatic rings. The van der Waals surface area contributed by atoms with Crippen LogP contribution in [0.15, 0.2) is 0 Å². The van der Waals surface area contributed by atoms with E-state index in [4.69, 9.17) is 6.42 Å². The summed E-state index contributed by atoms with van der Waals surface area (Å²) >= 11 is 0. The van der Waals surface area contributed by atoms with Gasteiger partial charge in [0.2, 0.25) is 0 Å². The van der Waals surface area contributed by atoms with E-state index in [-0.39, 0.29) is 6.54 Å². The van der Waals surface area contributed by atoms with Crippen LogP contribution in [-0.4, -0.2) is 57.3 Å². The molecule has 0 spiro atoms. The molecular formula is C10H21N3O2S. The van der Waals surface area contributed by atoms with E-state index in [1.54, 1.807) is 14.0 Å². The van der Waals surface area contributed by atoms with Crippen molar-refractivity contribution in [3.8, 4) is 12.3 Å². The van der Waals surface area contributed by atoms with Crippen LogP contribution in [-0.2, 0) is 10.2 Å². The molecule has 0 radical (unpaired) electrons. The molecule has 1 N–H and O–H groups in total. The molecule has 0 unspecified atom stereocenters. The first-order chi connectivity index (χ1) is 7.50. The van der Waals surface area contributed by atoms with Crippen LogP contribution >= 0.6 is 0 Å². The highest BCUT2D eigenvalue weighted by atomic mass is 32.2. The monoisotopic (exact) mass is 247 g/mol. The van der Waals surface area contributed by atoms with Gasteiger partial charge in [-0.15, -0.1) is 6.42 Å². The summed E-state index contributed by atoms with van der Waals surface area (Å²) in [5, 5.41) is 2.98. The summed E-state index contributed by atoms with van der Waals surface area (Å²) in [6.45, 7) is 3.57. The summed E-state index contributed by atoms with van der Waals surface area (Å²) in [5.41, 5.74) is 0. The normalized spacial score (nSPS) is 12.0. The highest BCUT2D eigenvalue weighted by molar-refractivity contribution is 7.86. The SMILES string of the molecule is C#CCN(CC)S(=O)(=O)N(C)CCCNC. The van der Waals surface area contributed by atoms with Gasteiger partial charge >= 0.3 is 0 Å². The maximum Gasteiger partial charge on any atom is 0.282 e. The lowest BCUT2D eigenvalue weighted by Gasteiger charge is -2.24. The zero-order valence-electron chi connectivity index (χ0n) is 10.2. The molecule has 0 aliphatic rings. The van der Waals surface area contributed by atoms with E-state index in [0.717, 1.165) is 13.0 Å². The number of nitrogens with zero attached hydrogens (tertiary/aromatic N) is 2. The van der Waals surface area contributed by atoms with Gasteiger partial charge in [-0.2, -0.15) is 17.0 Å². The van der Waals surface area contributed by atoms with Crippen LogP contribution < -0.4 is 5.32 Å². The average Bonchev–Trinajstić information content (AvgIpc) is 2.25. The van der Waals surface area contributed by atoms with Crippen molar-refractivity contribution < 1.29 is 8.42 Å². The Morgan fingerprint density at radius 2 is 2.06 bits per heavy atom. The van der Waals surface area contributed by atoms with Crippen molar-refractivity contribution >= 4 is 10.2 Å². The Labute approximate surface area is 99.0 Å². The van der Waals surface area contributed by atoms with Crippen molar-refractivity contribution in [2.45, 2.75) is 13.3 Å². The molecule has 0 amide bonds. The molecule has 0 aromatic heterocycles. The summed E-state index contributed by atoms with van der Waals surface area (Å²) in [5.74, 6) is 2.35. The quantitative estimate of drug-likeness (QED) is 0.474. The van der Waals surface area contributed by atoms with Crippen LogP contribution in [0.5, 0.6) is 0 Å². The molecule has 0 bridgehead atoms. The van der Waals surface area contributed by atoms with Crippen molar-refractivity contribution in [3.05, 3.63) is 0 Å². The summed E-state index contributed by atoms with van der Waals surface area (Å²) in [7, 11) is 0.0147. The van der Waals surface area contributed by atoms with Gasteiger partial charge < -0.3 is 5.32 Å². The molecule has 94 valence electrons. The van der Waals surface area contributed by atoms with Crippen molar-refractivity contribution in [1.29, 1.82) is 0 Å². The van der Waals surface area contributed by atoms with Gasteiger partial charge in [0.05, 0.1) is 6.54 Å². The molecule has 0 aliphatic carbocycles. The van der Waals surface area contributed by atoms with Gasteiger partial charge in [-0.25, -0.2) is 0 Å². The summed E-state index contributed by atoms with van der Waals surface area (Å²) in [6.07, 6.45) is 5.92. The minimum Gasteiger partial charge on any atom is -0.320 e. The maximum absolute atomic E-state index is 12.0. The fourth-order valence-electron chi connectivity index (χ4n) is 1.25. The molecule has 0 rings (SSSR count). The number of hydrogen-bond donors (Lipinski definition) is 1. The third-order valence-corrected chi connectivity index (χ3v) is 4.25. The molecule has 0 aliphatic heterocycles. The van der Waals surface area contributed by atoms with E-state index >= 15 is 0 Å². The van der Waals surface area contributed by atoms with Crippen LogP contribution in [0.25, 0.3) is 0 Å². The molecule has 0 heterocycles. The van der Waals surface area contributed by atoms with E-state index < -0.39 is 10.2 Å². The van der Waals surface area contributed by atoms with Crippen LogP contribution in [0.2, 0.25) is 0 Å². The van der Waals surface area contributed by atoms with Crippen LogP contribution in [0.1, 0.15) is 13.3 Å². The highest BCUT2D eigenvalue weighted by Crippen LogP contribution is 2.05. The average molecular weight is 247 g/mol. The lowest BCUT2D eigenvalue weighted by molar-refractivity contribution is 0.384. The predicted octanol–water partition coefficient (Wildman–Crippen LogP) is -0.272. The Hall–Kier alpha value is -0.610. The molecule has 0 aromatic carbocycles. The van der Waals surface area contributed by atoms with E-state index in [0.29, 0.717) is 13.1 Å². The van der Waals surface area contributed by atoms with E-state index in [1.807, 2.05) is 7.05 Å².